The number of anilines is 2. The summed E-state index contributed by atoms with van der Waals surface area (Å²) < 4.78 is 0. The van der Waals surface area contributed by atoms with Crippen molar-refractivity contribution >= 4 is 56.3 Å². The maximum absolute atomic E-state index is 6.33. The lowest BCUT2D eigenvalue weighted by molar-refractivity contribution is 0.649. The number of nitrogens with zero attached hydrogens (tertiary/aromatic N) is 4. The van der Waals surface area contributed by atoms with Crippen LogP contribution in [0.3, 0.4) is 0 Å². The summed E-state index contributed by atoms with van der Waals surface area (Å²) in [5.41, 5.74) is 4.85. The summed E-state index contributed by atoms with van der Waals surface area (Å²) in [4.78, 5) is 14.8. The van der Waals surface area contributed by atoms with Crippen LogP contribution in [0.4, 0.5) is 11.5 Å². The molecular formula is C25H24Cl2N4S. The number of piperazine rings is 1. The van der Waals surface area contributed by atoms with Crippen LogP contribution in [0.1, 0.15) is 25.3 Å². The summed E-state index contributed by atoms with van der Waals surface area (Å²) in [5.74, 6) is 1.44. The van der Waals surface area contributed by atoms with Gasteiger partial charge < -0.3 is 9.80 Å². The van der Waals surface area contributed by atoms with Crippen LogP contribution in [0.25, 0.3) is 21.3 Å². The Morgan fingerprint density at radius 1 is 0.906 bits per heavy atom. The van der Waals surface area contributed by atoms with Crippen LogP contribution < -0.4 is 9.80 Å². The zero-order chi connectivity index (χ0) is 22.2. The third-order valence-electron chi connectivity index (χ3n) is 6.03. The highest BCUT2D eigenvalue weighted by molar-refractivity contribution is 7.17. The second-order valence-electron chi connectivity index (χ2n) is 8.38. The van der Waals surface area contributed by atoms with E-state index in [4.69, 9.17) is 23.2 Å². The molecular weight excluding hydrogens is 459 g/mol. The molecule has 0 unspecified atom stereocenters. The zero-order valence-corrected chi connectivity index (χ0v) is 20.4. The molecule has 1 saturated heterocycles. The van der Waals surface area contributed by atoms with Crippen molar-refractivity contribution in [2.75, 3.05) is 36.0 Å². The Hall–Kier alpha value is -2.34. The minimum atomic E-state index is 0.299. The summed E-state index contributed by atoms with van der Waals surface area (Å²) in [6.45, 7) is 7.93. The van der Waals surface area contributed by atoms with Gasteiger partial charge in [0.1, 0.15) is 10.6 Å². The first-order valence-electron chi connectivity index (χ1n) is 10.8. The van der Waals surface area contributed by atoms with Crippen molar-refractivity contribution in [1.29, 1.82) is 0 Å². The van der Waals surface area contributed by atoms with Crippen molar-refractivity contribution in [3.8, 4) is 11.1 Å². The number of rotatable bonds is 4. The van der Waals surface area contributed by atoms with E-state index in [0.29, 0.717) is 11.2 Å². The fourth-order valence-corrected chi connectivity index (χ4v) is 5.58. The fraction of sp³-hybridized carbons (Fsp3) is 0.280. The summed E-state index contributed by atoms with van der Waals surface area (Å²) in [7, 11) is 0. The molecule has 0 bridgehead atoms. The highest BCUT2D eigenvalue weighted by atomic mass is 35.5. The number of hydrogen-bond donors (Lipinski definition) is 0. The van der Waals surface area contributed by atoms with Gasteiger partial charge in [-0.15, -0.1) is 11.3 Å². The molecule has 5 rings (SSSR count). The molecule has 1 aliphatic rings. The Labute approximate surface area is 202 Å². The summed E-state index contributed by atoms with van der Waals surface area (Å²) in [6, 6.07) is 16.9. The van der Waals surface area contributed by atoms with Crippen LogP contribution in [0.5, 0.6) is 0 Å². The Kier molecular flexibility index (Phi) is 5.97. The van der Waals surface area contributed by atoms with E-state index in [1.54, 1.807) is 11.3 Å². The van der Waals surface area contributed by atoms with E-state index >= 15 is 0 Å². The molecule has 2 aromatic heterocycles. The molecule has 0 aliphatic carbocycles. The first-order valence-corrected chi connectivity index (χ1v) is 12.4. The second-order valence-corrected chi connectivity index (χ2v) is 10.0. The van der Waals surface area contributed by atoms with Crippen LogP contribution in [-0.4, -0.2) is 36.1 Å². The van der Waals surface area contributed by atoms with Crippen LogP contribution >= 0.6 is 34.5 Å². The molecule has 32 heavy (non-hydrogen) atoms. The number of halogens is 2. The zero-order valence-electron chi connectivity index (χ0n) is 18.1. The molecule has 3 heterocycles. The van der Waals surface area contributed by atoms with Crippen LogP contribution in [0, 0.1) is 0 Å². The van der Waals surface area contributed by atoms with Gasteiger partial charge in [-0.1, -0.05) is 55.8 Å². The lowest BCUT2D eigenvalue weighted by Gasteiger charge is -2.37. The molecule has 7 heteroatoms. The van der Waals surface area contributed by atoms with E-state index in [9.17, 15) is 0 Å². The molecule has 2 aromatic carbocycles. The normalized spacial score (nSPS) is 14.5. The number of aromatic nitrogens is 2. The predicted molar refractivity (Wildman–Crippen MR) is 138 cm³/mol. The lowest BCUT2D eigenvalue weighted by Crippen LogP contribution is -2.47. The molecule has 4 nitrogen and oxygen atoms in total. The molecule has 164 valence electrons. The fourth-order valence-electron chi connectivity index (χ4n) is 4.24. The Bertz CT molecular complexity index is 1240. The smallest absolute Gasteiger partial charge is 0.225 e. The van der Waals surface area contributed by atoms with Gasteiger partial charge in [0.2, 0.25) is 5.28 Å². The first kappa shape index (κ1) is 21.5. The molecule has 0 radical (unpaired) electrons. The molecule has 0 N–H and O–H groups in total. The molecule has 0 saturated carbocycles. The van der Waals surface area contributed by atoms with Crippen molar-refractivity contribution in [3.05, 3.63) is 69.8 Å². The van der Waals surface area contributed by atoms with Crippen LogP contribution in [-0.2, 0) is 0 Å². The van der Waals surface area contributed by atoms with Gasteiger partial charge in [0.15, 0.2) is 0 Å². The number of hydrogen-bond acceptors (Lipinski definition) is 5. The van der Waals surface area contributed by atoms with E-state index in [-0.39, 0.29) is 0 Å². The topological polar surface area (TPSA) is 32.3 Å². The highest BCUT2D eigenvalue weighted by Crippen LogP contribution is 2.39. The number of benzene rings is 2. The van der Waals surface area contributed by atoms with Gasteiger partial charge in [0.25, 0.3) is 0 Å². The molecule has 0 amide bonds. The van der Waals surface area contributed by atoms with Crippen LogP contribution in [0.15, 0.2) is 53.9 Å². The molecule has 1 aliphatic heterocycles. The van der Waals surface area contributed by atoms with Crippen molar-refractivity contribution in [1.82, 2.24) is 9.97 Å². The molecule has 0 atom stereocenters. The summed E-state index contributed by atoms with van der Waals surface area (Å²) >= 11 is 14.1. The van der Waals surface area contributed by atoms with Gasteiger partial charge in [-0.05, 0) is 46.8 Å². The van der Waals surface area contributed by atoms with Crippen molar-refractivity contribution < 1.29 is 0 Å². The minimum Gasteiger partial charge on any atom is -0.368 e. The minimum absolute atomic E-state index is 0.299. The van der Waals surface area contributed by atoms with E-state index in [0.717, 1.165) is 52.9 Å². The Morgan fingerprint density at radius 3 is 2.31 bits per heavy atom. The second kappa shape index (κ2) is 8.89. The molecule has 1 fully saturated rings. The largest absolute Gasteiger partial charge is 0.368 e. The van der Waals surface area contributed by atoms with Gasteiger partial charge in [-0.25, -0.2) is 4.98 Å². The average molecular weight is 483 g/mol. The Balaban J connectivity index is 1.47. The SMILES string of the molecule is CC(C)c1ccc(-c2csc3nc(Cl)nc(N4CCN(c5cccc(Cl)c5)CC4)c23)cc1. The van der Waals surface area contributed by atoms with Crippen molar-refractivity contribution in [3.63, 3.8) is 0 Å². The standard InChI is InChI=1S/C25H24Cl2N4S/c1-16(2)17-6-8-18(9-7-17)21-15-32-24-22(21)23(28-25(27)29-24)31-12-10-30(11-13-31)20-5-3-4-19(26)14-20/h3-9,14-16H,10-13H2,1-2H3. The third kappa shape index (κ3) is 4.17. The molecule has 0 spiro atoms. The summed E-state index contributed by atoms with van der Waals surface area (Å²) in [5, 5.41) is 4.33. The van der Waals surface area contributed by atoms with E-state index < -0.39 is 0 Å². The quantitative estimate of drug-likeness (QED) is 0.290. The van der Waals surface area contributed by atoms with Gasteiger partial charge in [-0.3, -0.25) is 0 Å². The van der Waals surface area contributed by atoms with Crippen LogP contribution in [0.2, 0.25) is 10.3 Å². The van der Waals surface area contributed by atoms with Gasteiger partial charge in [-0.2, -0.15) is 4.98 Å². The number of fused-ring (bicyclic) bond motifs is 1. The van der Waals surface area contributed by atoms with Crippen molar-refractivity contribution in [2.45, 2.75) is 19.8 Å². The summed E-state index contributed by atoms with van der Waals surface area (Å²) in [6.07, 6.45) is 0. The van der Waals surface area contributed by atoms with E-state index in [1.807, 2.05) is 18.2 Å². The Morgan fingerprint density at radius 2 is 1.62 bits per heavy atom. The first-order chi connectivity index (χ1) is 15.5. The van der Waals surface area contributed by atoms with Crippen molar-refractivity contribution in [2.24, 2.45) is 0 Å². The van der Waals surface area contributed by atoms with Gasteiger partial charge >= 0.3 is 0 Å². The monoisotopic (exact) mass is 482 g/mol. The third-order valence-corrected chi connectivity index (χ3v) is 7.30. The van der Waals surface area contributed by atoms with Gasteiger partial charge in [0.05, 0.1) is 5.39 Å². The maximum Gasteiger partial charge on any atom is 0.225 e. The van der Waals surface area contributed by atoms with E-state index in [1.165, 1.54) is 16.7 Å². The average Bonchev–Trinajstić information content (AvgIpc) is 3.22. The number of thiophene rings is 1. The molecule has 4 aromatic rings. The van der Waals surface area contributed by atoms with E-state index in [2.05, 4.69) is 69.3 Å². The lowest BCUT2D eigenvalue weighted by atomic mass is 9.99. The highest BCUT2D eigenvalue weighted by Gasteiger charge is 2.24. The maximum atomic E-state index is 6.33. The predicted octanol–water partition coefficient (Wildman–Crippen LogP) is 7.12. The van der Waals surface area contributed by atoms with Gasteiger partial charge in [0, 0.05) is 47.8 Å².